The van der Waals surface area contributed by atoms with Crippen LogP contribution in [0.1, 0.15) is 12.8 Å². The number of halogens is 1. The first-order valence-corrected chi connectivity index (χ1v) is 9.47. The number of methoxy groups -OCH3 is 1. The highest BCUT2D eigenvalue weighted by Crippen LogP contribution is 2.26. The minimum absolute atomic E-state index is 0.00672. The van der Waals surface area contributed by atoms with Crippen molar-refractivity contribution in [1.29, 1.82) is 0 Å². The number of sulfonamides is 1. The quantitative estimate of drug-likeness (QED) is 0.649. The van der Waals surface area contributed by atoms with Crippen LogP contribution in [-0.2, 0) is 23.1 Å². The summed E-state index contributed by atoms with van der Waals surface area (Å²) in [6.07, 6.45) is 3.39. The van der Waals surface area contributed by atoms with Crippen LogP contribution < -0.4 is 9.46 Å². The first-order chi connectivity index (χ1) is 12.4. The normalized spacial score (nSPS) is 11.7. The third-order valence-corrected chi connectivity index (χ3v) is 5.22. The van der Waals surface area contributed by atoms with Gasteiger partial charge in [0.2, 0.25) is 21.7 Å². The van der Waals surface area contributed by atoms with Crippen LogP contribution in [0.15, 0.2) is 40.0 Å². The molecular formula is C15H16ClN5O4S. The number of aryl methyl sites for hydroxylation is 1. The molecule has 2 heterocycles. The summed E-state index contributed by atoms with van der Waals surface area (Å²) in [4.78, 5) is 4.17. The maximum Gasteiger partial charge on any atom is 0.242 e. The van der Waals surface area contributed by atoms with Crippen LogP contribution in [0, 0.1) is 0 Å². The molecular weight excluding hydrogens is 382 g/mol. The van der Waals surface area contributed by atoms with Gasteiger partial charge in [0, 0.05) is 12.7 Å². The van der Waals surface area contributed by atoms with Gasteiger partial charge in [-0.2, -0.15) is 10.1 Å². The Balaban J connectivity index is 1.71. The lowest BCUT2D eigenvalue weighted by molar-refractivity contribution is 0.376. The van der Waals surface area contributed by atoms with Crippen molar-refractivity contribution >= 4 is 21.6 Å². The number of hydrogen-bond donors (Lipinski definition) is 1. The summed E-state index contributed by atoms with van der Waals surface area (Å²) in [5, 5.41) is 8.16. The Kier molecular flexibility index (Phi) is 5.25. The Labute approximate surface area is 155 Å². The second kappa shape index (κ2) is 7.44. The van der Waals surface area contributed by atoms with Gasteiger partial charge < -0.3 is 9.26 Å². The third-order valence-electron chi connectivity index (χ3n) is 3.53. The molecule has 0 atom stereocenters. The van der Waals surface area contributed by atoms with Gasteiger partial charge in [-0.1, -0.05) is 16.8 Å². The van der Waals surface area contributed by atoms with E-state index in [1.165, 1.54) is 25.3 Å². The van der Waals surface area contributed by atoms with E-state index in [1.807, 2.05) is 6.92 Å². The van der Waals surface area contributed by atoms with Gasteiger partial charge in [0.15, 0.2) is 0 Å². The molecule has 0 unspecified atom stereocenters. The van der Waals surface area contributed by atoms with Gasteiger partial charge in [0.05, 0.1) is 35.3 Å². The van der Waals surface area contributed by atoms with Gasteiger partial charge in [-0.3, -0.25) is 4.68 Å². The van der Waals surface area contributed by atoms with Gasteiger partial charge >= 0.3 is 0 Å². The molecule has 2 aromatic heterocycles. The molecule has 0 aliphatic rings. The predicted molar refractivity (Wildman–Crippen MR) is 93.2 cm³/mol. The van der Waals surface area contributed by atoms with Crippen LogP contribution >= 0.6 is 11.6 Å². The zero-order valence-corrected chi connectivity index (χ0v) is 15.6. The number of ether oxygens (including phenoxy) is 1. The van der Waals surface area contributed by atoms with Crippen LogP contribution in [0.25, 0.3) is 11.4 Å². The van der Waals surface area contributed by atoms with E-state index in [0.29, 0.717) is 17.1 Å². The Morgan fingerprint density at radius 1 is 1.38 bits per heavy atom. The molecule has 1 N–H and O–H groups in total. The van der Waals surface area contributed by atoms with Crippen molar-refractivity contribution < 1.29 is 17.7 Å². The van der Waals surface area contributed by atoms with Crippen molar-refractivity contribution in [2.75, 3.05) is 7.11 Å². The number of hydrogen-bond acceptors (Lipinski definition) is 7. The lowest BCUT2D eigenvalue weighted by Crippen LogP contribution is -2.23. The molecule has 0 aliphatic heterocycles. The second-order valence-corrected chi connectivity index (χ2v) is 7.39. The number of nitrogens with one attached hydrogen (secondary N) is 1. The van der Waals surface area contributed by atoms with E-state index in [0.717, 1.165) is 6.54 Å². The molecule has 0 saturated heterocycles. The molecule has 1 aromatic carbocycles. The summed E-state index contributed by atoms with van der Waals surface area (Å²) in [6.45, 7) is 2.52. The lowest BCUT2D eigenvalue weighted by atomic mass is 10.3. The SMILES string of the molecule is CCn1cc(-c2noc(CNS(=O)(=O)c3ccc(OC)c(Cl)c3)n2)cn1. The van der Waals surface area contributed by atoms with E-state index in [9.17, 15) is 8.42 Å². The molecule has 3 aromatic rings. The van der Waals surface area contributed by atoms with Crippen LogP contribution in [0.2, 0.25) is 5.02 Å². The van der Waals surface area contributed by atoms with E-state index < -0.39 is 10.0 Å². The fourth-order valence-corrected chi connectivity index (χ4v) is 3.47. The maximum absolute atomic E-state index is 12.4. The topological polar surface area (TPSA) is 112 Å². The molecule has 0 radical (unpaired) electrons. The molecule has 138 valence electrons. The molecule has 0 aliphatic carbocycles. The van der Waals surface area contributed by atoms with E-state index in [-0.39, 0.29) is 22.4 Å². The zero-order chi connectivity index (χ0) is 18.7. The highest BCUT2D eigenvalue weighted by molar-refractivity contribution is 7.89. The van der Waals surface area contributed by atoms with Gasteiger partial charge in [-0.25, -0.2) is 13.1 Å². The molecule has 0 spiro atoms. The number of benzene rings is 1. The summed E-state index contributed by atoms with van der Waals surface area (Å²) >= 11 is 5.97. The molecule has 0 bridgehead atoms. The first kappa shape index (κ1) is 18.4. The van der Waals surface area contributed by atoms with Crippen molar-refractivity contribution in [3.8, 4) is 17.1 Å². The average Bonchev–Trinajstić information content (AvgIpc) is 3.29. The molecule has 0 saturated carbocycles. The highest BCUT2D eigenvalue weighted by atomic mass is 35.5. The lowest BCUT2D eigenvalue weighted by Gasteiger charge is -2.07. The first-order valence-electron chi connectivity index (χ1n) is 7.61. The van der Waals surface area contributed by atoms with Gasteiger partial charge in [-0.15, -0.1) is 0 Å². The minimum atomic E-state index is -3.80. The average molecular weight is 398 g/mol. The minimum Gasteiger partial charge on any atom is -0.495 e. The second-order valence-electron chi connectivity index (χ2n) is 5.22. The Morgan fingerprint density at radius 3 is 2.85 bits per heavy atom. The fraction of sp³-hybridized carbons (Fsp3) is 0.267. The summed E-state index contributed by atoms with van der Waals surface area (Å²) in [5.74, 6) is 0.860. The molecule has 26 heavy (non-hydrogen) atoms. The Bertz CT molecular complexity index is 1010. The molecule has 11 heteroatoms. The van der Waals surface area contributed by atoms with Crippen molar-refractivity contribution in [3.63, 3.8) is 0 Å². The van der Waals surface area contributed by atoms with E-state index in [4.69, 9.17) is 20.9 Å². The van der Waals surface area contributed by atoms with Crippen molar-refractivity contribution in [2.45, 2.75) is 24.9 Å². The van der Waals surface area contributed by atoms with Gasteiger partial charge in [0.25, 0.3) is 0 Å². The predicted octanol–water partition coefficient (Wildman–Crippen LogP) is 2.09. The van der Waals surface area contributed by atoms with Crippen LogP contribution in [0.5, 0.6) is 5.75 Å². The van der Waals surface area contributed by atoms with Crippen molar-refractivity contribution in [1.82, 2.24) is 24.6 Å². The van der Waals surface area contributed by atoms with E-state index in [1.54, 1.807) is 17.1 Å². The van der Waals surface area contributed by atoms with Gasteiger partial charge in [0.1, 0.15) is 5.75 Å². The molecule has 0 amide bonds. The molecule has 3 rings (SSSR count). The zero-order valence-electron chi connectivity index (χ0n) is 14.0. The van der Waals surface area contributed by atoms with Gasteiger partial charge in [-0.05, 0) is 25.1 Å². The Morgan fingerprint density at radius 2 is 2.19 bits per heavy atom. The van der Waals surface area contributed by atoms with Crippen molar-refractivity contribution in [2.24, 2.45) is 0 Å². The summed E-state index contributed by atoms with van der Waals surface area (Å²) in [6, 6.07) is 4.18. The summed E-state index contributed by atoms with van der Waals surface area (Å²) in [5.41, 5.74) is 0.687. The van der Waals surface area contributed by atoms with Crippen LogP contribution in [0.4, 0.5) is 0 Å². The Hall–Kier alpha value is -2.43. The molecule has 0 fully saturated rings. The smallest absolute Gasteiger partial charge is 0.242 e. The largest absolute Gasteiger partial charge is 0.495 e. The van der Waals surface area contributed by atoms with E-state index >= 15 is 0 Å². The standard InChI is InChI=1S/C15H16ClN5O4S/c1-3-21-9-10(7-17-21)15-19-14(25-20-15)8-18-26(22,23)11-4-5-13(24-2)12(16)6-11/h4-7,9,18H,3,8H2,1-2H3. The number of nitrogens with zero attached hydrogens (tertiary/aromatic N) is 4. The fourth-order valence-electron chi connectivity index (χ4n) is 2.15. The van der Waals surface area contributed by atoms with Crippen LogP contribution in [-0.4, -0.2) is 35.4 Å². The van der Waals surface area contributed by atoms with E-state index in [2.05, 4.69) is 20.0 Å². The summed E-state index contributed by atoms with van der Waals surface area (Å²) in [7, 11) is -2.35. The van der Waals surface area contributed by atoms with Crippen LogP contribution in [0.3, 0.4) is 0 Å². The summed E-state index contributed by atoms with van der Waals surface area (Å²) < 4.78 is 38.9. The van der Waals surface area contributed by atoms with Crippen molar-refractivity contribution in [3.05, 3.63) is 41.5 Å². The number of rotatable bonds is 7. The molecule has 9 nitrogen and oxygen atoms in total. The number of aromatic nitrogens is 4. The maximum atomic E-state index is 12.4. The highest BCUT2D eigenvalue weighted by Gasteiger charge is 2.18. The third kappa shape index (κ3) is 3.87. The monoisotopic (exact) mass is 397 g/mol.